The van der Waals surface area contributed by atoms with Gasteiger partial charge in [0, 0.05) is 12.1 Å². The van der Waals surface area contributed by atoms with E-state index in [0.29, 0.717) is 11.0 Å². The van der Waals surface area contributed by atoms with Crippen LogP contribution in [0.1, 0.15) is 18.9 Å². The summed E-state index contributed by atoms with van der Waals surface area (Å²) >= 11 is 0. The number of aromatic amines is 1. The van der Waals surface area contributed by atoms with Crippen molar-refractivity contribution >= 4 is 41.8 Å². The van der Waals surface area contributed by atoms with E-state index in [1.54, 1.807) is 6.07 Å². The van der Waals surface area contributed by atoms with Crippen molar-refractivity contribution < 1.29 is 42.9 Å². The zero-order chi connectivity index (χ0) is 29.3. The third kappa shape index (κ3) is 4.44. The summed E-state index contributed by atoms with van der Waals surface area (Å²) in [6.45, 7) is -0.502. The molecule has 20 nitrogen and oxygen atoms in total. The van der Waals surface area contributed by atoms with Gasteiger partial charge in [-0.15, -0.1) is 5.10 Å². The molecule has 4 aromatic rings. The van der Waals surface area contributed by atoms with Gasteiger partial charge in [-0.1, -0.05) is 5.21 Å². The zero-order valence-electron chi connectivity index (χ0n) is 21.4. The third-order valence-electron chi connectivity index (χ3n) is 7.47. The van der Waals surface area contributed by atoms with Gasteiger partial charge in [-0.2, -0.15) is 4.98 Å². The van der Waals surface area contributed by atoms with Gasteiger partial charge in [-0.3, -0.25) is 23.4 Å². The number of H-pyrrole nitrogens is 1. The average molecular weight is 608 g/mol. The lowest BCUT2D eigenvalue weighted by Crippen LogP contribution is -2.37. The quantitative estimate of drug-likeness (QED) is 0.136. The molecule has 0 amide bonds. The second-order valence-corrected chi connectivity index (χ2v) is 11.4. The molecule has 3 fully saturated rings. The Kier molecular flexibility index (Phi) is 6.49. The number of nitrogens with one attached hydrogen (secondary N) is 1. The van der Waals surface area contributed by atoms with Crippen molar-refractivity contribution in [3.63, 3.8) is 0 Å². The van der Waals surface area contributed by atoms with Gasteiger partial charge in [0.1, 0.15) is 18.3 Å². The Bertz CT molecular complexity index is 1760. The van der Waals surface area contributed by atoms with Crippen LogP contribution in [0.15, 0.2) is 23.4 Å². The number of fused-ring (bicyclic) bond motifs is 5. The first-order chi connectivity index (χ1) is 20.1. The van der Waals surface area contributed by atoms with Gasteiger partial charge in [-0.25, -0.2) is 19.2 Å². The largest absolute Gasteiger partial charge is 0.472 e. The van der Waals surface area contributed by atoms with E-state index in [1.807, 2.05) is 0 Å². The SMILES string of the molecule is Nc1nc2c(ncn2[C@@H]2OC3OCC[C@H]4[C@@H](O)[C@H](n5nnc6c(N)nccc65)O[C@@H]4COP(=O)(O)O[C@@H]2[C@@H]3O)c(=O)[nH]1. The van der Waals surface area contributed by atoms with Crippen molar-refractivity contribution in [2.75, 3.05) is 24.7 Å². The number of aliphatic hydroxyl groups excluding tert-OH is 2. The molecule has 8 N–H and O–H groups in total. The van der Waals surface area contributed by atoms with Crippen molar-refractivity contribution in [1.29, 1.82) is 0 Å². The number of aliphatic hydroxyl groups is 2. The van der Waals surface area contributed by atoms with E-state index in [0.717, 1.165) is 0 Å². The summed E-state index contributed by atoms with van der Waals surface area (Å²) in [5, 5.41) is 30.3. The molecule has 0 saturated carbocycles. The predicted molar refractivity (Wildman–Crippen MR) is 137 cm³/mol. The van der Waals surface area contributed by atoms with Gasteiger partial charge in [0.15, 0.2) is 41.2 Å². The van der Waals surface area contributed by atoms with Crippen LogP contribution < -0.4 is 17.0 Å². The minimum absolute atomic E-state index is 0.0176. The van der Waals surface area contributed by atoms with E-state index in [9.17, 15) is 24.5 Å². The van der Waals surface area contributed by atoms with E-state index in [1.165, 1.54) is 21.8 Å². The van der Waals surface area contributed by atoms with Crippen LogP contribution in [0, 0.1) is 5.92 Å². The van der Waals surface area contributed by atoms with Crippen molar-refractivity contribution in [3.8, 4) is 0 Å². The first kappa shape index (κ1) is 27.3. The van der Waals surface area contributed by atoms with Crippen LogP contribution in [0.2, 0.25) is 0 Å². The van der Waals surface area contributed by atoms with E-state index in [4.69, 9.17) is 34.7 Å². The summed E-state index contributed by atoms with van der Waals surface area (Å²) in [4.78, 5) is 37.3. The van der Waals surface area contributed by atoms with Crippen LogP contribution in [-0.2, 0) is 27.8 Å². The highest BCUT2D eigenvalue weighted by molar-refractivity contribution is 7.47. The second-order valence-electron chi connectivity index (χ2n) is 9.97. The second kappa shape index (κ2) is 10.0. The zero-order valence-corrected chi connectivity index (χ0v) is 22.3. The molecule has 3 aliphatic heterocycles. The summed E-state index contributed by atoms with van der Waals surface area (Å²) in [7, 11) is -4.90. The number of nitrogen functional groups attached to an aromatic ring is 2. The third-order valence-corrected chi connectivity index (χ3v) is 8.45. The number of phosphoric ester groups is 1. The molecular formula is C21H25N10O10P. The number of hydrogen-bond acceptors (Lipinski definition) is 16. The van der Waals surface area contributed by atoms with E-state index >= 15 is 0 Å². The lowest BCUT2D eigenvalue weighted by atomic mass is 9.95. The highest BCUT2D eigenvalue weighted by atomic mass is 31.2. The molecular weight excluding hydrogens is 583 g/mol. The molecule has 0 aromatic carbocycles. The fourth-order valence-corrected chi connectivity index (χ4v) is 6.42. The van der Waals surface area contributed by atoms with Gasteiger partial charge in [0.2, 0.25) is 5.95 Å². The molecule has 0 spiro atoms. The number of nitrogens with zero attached hydrogens (tertiary/aromatic N) is 7. The Morgan fingerprint density at radius 1 is 1.12 bits per heavy atom. The molecule has 4 aromatic heterocycles. The lowest BCUT2D eigenvalue weighted by Gasteiger charge is -2.26. The molecule has 7 heterocycles. The van der Waals surface area contributed by atoms with E-state index in [2.05, 4.69) is 30.2 Å². The Morgan fingerprint density at radius 3 is 2.79 bits per heavy atom. The minimum atomic E-state index is -4.90. The smallest absolute Gasteiger partial charge is 0.388 e. The first-order valence-corrected chi connectivity index (χ1v) is 14.2. The Balaban J connectivity index is 1.17. The fourth-order valence-electron chi connectivity index (χ4n) is 5.49. The van der Waals surface area contributed by atoms with Crippen LogP contribution in [0.5, 0.6) is 0 Å². The monoisotopic (exact) mass is 608 g/mol. The highest BCUT2D eigenvalue weighted by Crippen LogP contribution is 2.51. The molecule has 7 rings (SSSR count). The summed E-state index contributed by atoms with van der Waals surface area (Å²) < 4.78 is 44.1. The molecule has 3 saturated heterocycles. The number of hydrogen-bond donors (Lipinski definition) is 6. The maximum atomic E-state index is 13.1. The standard InChI is InChI=1S/C21H25N10O10P/c22-15-10-8(1-3-24-15)31(29-28-10)18-12(32)7-2-4-37-20-13(33)14(41-42(35,36)38-5-9(7)39-18)19(40-20)30-6-25-11-16(30)26-21(23)27-17(11)34/h1,3,6-7,9,12-14,18-20,32-33H,2,4-5H2,(H2,22,24)(H,35,36)(H3,23,26,27,34)/t7-,9-,12-,13+,14-,18-,19-,20?/m1/s1. The molecule has 42 heavy (non-hydrogen) atoms. The van der Waals surface area contributed by atoms with E-state index < -0.39 is 69.1 Å². The maximum absolute atomic E-state index is 13.1. The van der Waals surface area contributed by atoms with Crippen LogP contribution >= 0.6 is 7.82 Å². The molecule has 224 valence electrons. The summed E-state index contributed by atoms with van der Waals surface area (Å²) in [6, 6.07) is 1.61. The van der Waals surface area contributed by atoms with Crippen molar-refractivity contribution in [2.45, 2.75) is 49.6 Å². The van der Waals surface area contributed by atoms with Crippen LogP contribution in [0.4, 0.5) is 11.8 Å². The number of phosphoric acid groups is 1. The summed E-state index contributed by atoms with van der Waals surface area (Å²) in [6.07, 6.45) is -6.06. The summed E-state index contributed by atoms with van der Waals surface area (Å²) in [5.41, 5.74) is 11.6. The van der Waals surface area contributed by atoms with Gasteiger partial charge < -0.3 is 40.8 Å². The van der Waals surface area contributed by atoms with Gasteiger partial charge in [0.05, 0.1) is 31.2 Å². The summed E-state index contributed by atoms with van der Waals surface area (Å²) in [5.74, 6) is -0.730. The molecule has 21 heteroatoms. The Hall–Kier alpha value is -3.59. The Labute approximate surface area is 233 Å². The number of pyridine rings is 1. The van der Waals surface area contributed by atoms with Crippen molar-refractivity contribution in [1.82, 2.24) is 39.5 Å². The fraction of sp³-hybridized carbons (Fsp3) is 0.524. The maximum Gasteiger partial charge on any atom is 0.472 e. The molecule has 0 aliphatic carbocycles. The van der Waals surface area contributed by atoms with Gasteiger partial charge >= 0.3 is 7.82 Å². The molecule has 2 unspecified atom stereocenters. The first-order valence-electron chi connectivity index (χ1n) is 12.7. The van der Waals surface area contributed by atoms with Crippen LogP contribution in [-0.4, -0.2) is 98.5 Å². The topological polar surface area (TPSA) is 283 Å². The number of rotatable bonds is 2. The molecule has 0 radical (unpaired) electrons. The van der Waals surface area contributed by atoms with Gasteiger partial charge in [0.25, 0.3) is 5.56 Å². The van der Waals surface area contributed by atoms with Crippen LogP contribution in [0.3, 0.4) is 0 Å². The van der Waals surface area contributed by atoms with Crippen molar-refractivity contribution in [2.24, 2.45) is 5.92 Å². The number of nitrogens with two attached hydrogens (primary N) is 2. The van der Waals surface area contributed by atoms with Crippen LogP contribution in [0.25, 0.3) is 22.2 Å². The average Bonchev–Trinajstić information content (AvgIpc) is 3.69. The molecule has 2 bridgehead atoms. The molecule has 9 atom stereocenters. The minimum Gasteiger partial charge on any atom is -0.388 e. The predicted octanol–water partition coefficient (Wildman–Crippen LogP) is -1.86. The lowest BCUT2D eigenvalue weighted by molar-refractivity contribution is -0.178. The normalized spacial score (nSPS) is 35.7. The number of ether oxygens (including phenoxy) is 3. The van der Waals surface area contributed by atoms with E-state index in [-0.39, 0.29) is 36.0 Å². The highest BCUT2D eigenvalue weighted by Gasteiger charge is 2.52. The number of aromatic nitrogens is 8. The molecule has 3 aliphatic rings. The van der Waals surface area contributed by atoms with Gasteiger partial charge in [-0.05, 0) is 12.5 Å². The number of anilines is 2. The van der Waals surface area contributed by atoms with Crippen molar-refractivity contribution in [3.05, 3.63) is 28.9 Å². The number of imidazole rings is 1. The Morgan fingerprint density at radius 2 is 1.95 bits per heavy atom.